The molecule has 0 spiro atoms. The summed E-state index contributed by atoms with van der Waals surface area (Å²) in [5.74, 6) is 1.74. The number of imidazole rings is 1. The number of aromatic nitrogens is 4. The first-order chi connectivity index (χ1) is 13.2. The van der Waals surface area contributed by atoms with Gasteiger partial charge in [-0.1, -0.05) is 26.2 Å². The van der Waals surface area contributed by atoms with Crippen molar-refractivity contribution in [3.63, 3.8) is 0 Å². The van der Waals surface area contributed by atoms with Gasteiger partial charge >= 0.3 is 0 Å². The van der Waals surface area contributed by atoms with Gasteiger partial charge < -0.3 is 20.5 Å². The third-order valence-electron chi connectivity index (χ3n) is 5.17. The van der Waals surface area contributed by atoms with Crippen molar-refractivity contribution >= 4 is 22.9 Å². The number of nitrogens with zero attached hydrogens (tertiary/aromatic N) is 4. The molecule has 0 amide bonds. The minimum absolute atomic E-state index is 0.387. The van der Waals surface area contributed by atoms with Crippen molar-refractivity contribution in [1.29, 1.82) is 0 Å². The average molecular weight is 377 g/mol. The molecule has 3 N–H and O–H groups in total. The van der Waals surface area contributed by atoms with E-state index in [2.05, 4.69) is 27.2 Å². The molecule has 0 bridgehead atoms. The Bertz CT molecular complexity index is 727. The van der Waals surface area contributed by atoms with Gasteiger partial charge in [0.15, 0.2) is 17.0 Å². The van der Waals surface area contributed by atoms with Gasteiger partial charge in [0, 0.05) is 26.3 Å². The molecule has 3 rings (SSSR count). The van der Waals surface area contributed by atoms with E-state index in [9.17, 15) is 0 Å². The molecule has 1 aliphatic rings. The Morgan fingerprint density at radius 3 is 2.74 bits per heavy atom. The van der Waals surface area contributed by atoms with Crippen molar-refractivity contribution in [2.24, 2.45) is 5.92 Å². The van der Waals surface area contributed by atoms with Crippen molar-refractivity contribution in [1.82, 2.24) is 19.5 Å². The van der Waals surface area contributed by atoms with Crippen molar-refractivity contribution in [3.8, 4) is 6.01 Å². The standard InChI is InChI=1S/C19H32N6O2/c1-3-4-10-21-18-23-16(20)15-17(24-18)25(19(22-15)26-2)11-6-5-7-14-8-12-27-13-9-14/h14H,3-13H2,1-2H3,(H3,20,21,23,24). The highest BCUT2D eigenvalue weighted by atomic mass is 16.5. The lowest BCUT2D eigenvalue weighted by Crippen LogP contribution is -2.15. The summed E-state index contributed by atoms with van der Waals surface area (Å²) in [6.07, 6.45) is 8.04. The lowest BCUT2D eigenvalue weighted by Gasteiger charge is -2.21. The Morgan fingerprint density at radius 1 is 1.19 bits per heavy atom. The van der Waals surface area contributed by atoms with E-state index < -0.39 is 0 Å². The number of methoxy groups -OCH3 is 1. The zero-order valence-electron chi connectivity index (χ0n) is 16.5. The summed E-state index contributed by atoms with van der Waals surface area (Å²) in [4.78, 5) is 13.5. The van der Waals surface area contributed by atoms with Crippen LogP contribution in [-0.2, 0) is 11.3 Å². The number of unbranched alkanes of at least 4 members (excludes halogenated alkanes) is 2. The van der Waals surface area contributed by atoms with Gasteiger partial charge in [0.05, 0.1) is 7.11 Å². The number of hydrogen-bond donors (Lipinski definition) is 2. The monoisotopic (exact) mass is 376 g/mol. The van der Waals surface area contributed by atoms with Crippen LogP contribution < -0.4 is 15.8 Å². The number of anilines is 2. The van der Waals surface area contributed by atoms with Gasteiger partial charge in [-0.15, -0.1) is 0 Å². The van der Waals surface area contributed by atoms with Crippen LogP contribution in [0.15, 0.2) is 0 Å². The molecule has 150 valence electrons. The van der Waals surface area contributed by atoms with Crippen molar-refractivity contribution in [2.45, 2.75) is 58.4 Å². The molecule has 2 aromatic heterocycles. The highest BCUT2D eigenvalue weighted by Gasteiger charge is 2.18. The maximum atomic E-state index is 6.12. The lowest BCUT2D eigenvalue weighted by atomic mass is 9.94. The summed E-state index contributed by atoms with van der Waals surface area (Å²) >= 11 is 0. The topological polar surface area (TPSA) is 100 Å². The third-order valence-corrected chi connectivity index (χ3v) is 5.17. The van der Waals surface area contributed by atoms with Gasteiger partial charge in [0.2, 0.25) is 5.95 Å². The van der Waals surface area contributed by atoms with E-state index in [1.807, 2.05) is 4.57 Å². The van der Waals surface area contributed by atoms with Crippen LogP contribution in [0.1, 0.15) is 51.9 Å². The molecule has 0 saturated carbocycles. The second kappa shape index (κ2) is 9.73. The average Bonchev–Trinajstić information content (AvgIpc) is 3.04. The van der Waals surface area contributed by atoms with Crippen LogP contribution >= 0.6 is 0 Å². The van der Waals surface area contributed by atoms with Gasteiger partial charge in [-0.25, -0.2) is 0 Å². The Balaban J connectivity index is 1.68. The SMILES string of the molecule is CCCCNc1nc(N)c2nc(OC)n(CCCCC3CCOCC3)c2n1. The quantitative estimate of drug-likeness (QED) is 0.614. The van der Waals surface area contributed by atoms with Gasteiger partial charge in [-0.3, -0.25) is 4.57 Å². The van der Waals surface area contributed by atoms with Gasteiger partial charge in [-0.2, -0.15) is 15.0 Å². The number of nitrogens with one attached hydrogen (secondary N) is 1. The molecule has 1 saturated heterocycles. The van der Waals surface area contributed by atoms with E-state index in [0.717, 1.165) is 57.1 Å². The van der Waals surface area contributed by atoms with E-state index in [1.165, 1.54) is 25.7 Å². The number of hydrogen-bond acceptors (Lipinski definition) is 7. The lowest BCUT2D eigenvalue weighted by molar-refractivity contribution is 0.0630. The highest BCUT2D eigenvalue weighted by Crippen LogP contribution is 2.26. The minimum atomic E-state index is 0.387. The van der Waals surface area contributed by atoms with Crippen molar-refractivity contribution in [3.05, 3.63) is 0 Å². The molecule has 0 aromatic carbocycles. The van der Waals surface area contributed by atoms with E-state index in [-0.39, 0.29) is 0 Å². The van der Waals surface area contributed by atoms with Crippen LogP contribution in [0.25, 0.3) is 11.2 Å². The van der Waals surface area contributed by atoms with Crippen molar-refractivity contribution < 1.29 is 9.47 Å². The first-order valence-corrected chi connectivity index (χ1v) is 10.1. The molecule has 27 heavy (non-hydrogen) atoms. The van der Waals surface area contributed by atoms with Crippen LogP contribution in [0, 0.1) is 5.92 Å². The van der Waals surface area contributed by atoms with Crippen molar-refractivity contribution in [2.75, 3.05) is 37.9 Å². The highest BCUT2D eigenvalue weighted by molar-refractivity contribution is 5.84. The number of rotatable bonds is 10. The number of fused-ring (bicyclic) bond motifs is 1. The fourth-order valence-corrected chi connectivity index (χ4v) is 3.55. The normalized spacial score (nSPS) is 15.3. The molecule has 0 radical (unpaired) electrons. The smallest absolute Gasteiger partial charge is 0.298 e. The summed E-state index contributed by atoms with van der Waals surface area (Å²) in [5.41, 5.74) is 7.47. The fraction of sp³-hybridized carbons (Fsp3) is 0.737. The minimum Gasteiger partial charge on any atom is -0.468 e. The fourth-order valence-electron chi connectivity index (χ4n) is 3.55. The summed E-state index contributed by atoms with van der Waals surface area (Å²) in [7, 11) is 1.63. The van der Waals surface area contributed by atoms with Crippen LogP contribution in [0.2, 0.25) is 0 Å². The molecular weight excluding hydrogens is 344 g/mol. The van der Waals surface area contributed by atoms with Gasteiger partial charge in [0.1, 0.15) is 0 Å². The number of ether oxygens (including phenoxy) is 2. The summed E-state index contributed by atoms with van der Waals surface area (Å²) in [5, 5.41) is 3.25. The molecule has 1 aliphatic heterocycles. The molecule has 0 aliphatic carbocycles. The third kappa shape index (κ3) is 5.00. The van der Waals surface area contributed by atoms with Gasteiger partial charge in [0.25, 0.3) is 6.01 Å². The Morgan fingerprint density at radius 2 is 2.00 bits per heavy atom. The second-order valence-corrected chi connectivity index (χ2v) is 7.19. The Kier molecular flexibility index (Phi) is 7.09. The van der Waals surface area contributed by atoms with Crippen LogP contribution in [0.4, 0.5) is 11.8 Å². The molecule has 3 heterocycles. The zero-order chi connectivity index (χ0) is 19.1. The van der Waals surface area contributed by atoms with E-state index in [1.54, 1.807) is 7.11 Å². The maximum Gasteiger partial charge on any atom is 0.298 e. The second-order valence-electron chi connectivity index (χ2n) is 7.19. The predicted molar refractivity (Wildman–Crippen MR) is 107 cm³/mol. The number of aryl methyl sites for hydroxylation is 1. The molecule has 8 heteroatoms. The predicted octanol–water partition coefficient (Wildman–Crippen LogP) is 3.23. The number of nitrogen functional groups attached to an aromatic ring is 1. The summed E-state index contributed by atoms with van der Waals surface area (Å²) < 4.78 is 12.9. The number of nitrogens with two attached hydrogens (primary N) is 1. The van der Waals surface area contributed by atoms with E-state index in [4.69, 9.17) is 15.2 Å². The molecule has 0 atom stereocenters. The molecule has 2 aromatic rings. The van der Waals surface area contributed by atoms with Crippen LogP contribution in [0.5, 0.6) is 6.01 Å². The largest absolute Gasteiger partial charge is 0.468 e. The first-order valence-electron chi connectivity index (χ1n) is 10.1. The molecule has 0 unspecified atom stereocenters. The summed E-state index contributed by atoms with van der Waals surface area (Å²) in [6, 6.07) is 0.544. The van der Waals surface area contributed by atoms with Crippen LogP contribution in [0.3, 0.4) is 0 Å². The molecule has 8 nitrogen and oxygen atoms in total. The molecule has 1 fully saturated rings. The Hall–Kier alpha value is -2.09. The van der Waals surface area contributed by atoms with E-state index >= 15 is 0 Å². The zero-order valence-corrected chi connectivity index (χ0v) is 16.5. The van der Waals surface area contributed by atoms with Gasteiger partial charge in [-0.05, 0) is 31.6 Å². The van der Waals surface area contributed by atoms with Crippen LogP contribution in [-0.4, -0.2) is 46.4 Å². The first kappa shape index (κ1) is 19.7. The maximum absolute atomic E-state index is 6.12. The summed E-state index contributed by atoms with van der Waals surface area (Å²) in [6.45, 7) is 5.62. The van der Waals surface area contributed by atoms with E-state index in [0.29, 0.717) is 23.3 Å². The Labute approximate surface area is 160 Å². The molecular formula is C19H32N6O2.